The van der Waals surface area contributed by atoms with Gasteiger partial charge in [0.25, 0.3) is 5.91 Å². The van der Waals surface area contributed by atoms with E-state index in [0.29, 0.717) is 19.4 Å². The van der Waals surface area contributed by atoms with Crippen LogP contribution < -0.4 is 64.6 Å². The summed E-state index contributed by atoms with van der Waals surface area (Å²) >= 11 is 0. The third-order valence-corrected chi connectivity index (χ3v) is 10.6. The summed E-state index contributed by atoms with van der Waals surface area (Å²) in [6, 6.07) is -11.6. The molecule has 32 nitrogen and oxygen atoms in total. The van der Waals surface area contributed by atoms with Crippen molar-refractivity contribution in [3.05, 3.63) is 9.81 Å². The van der Waals surface area contributed by atoms with E-state index in [1.807, 2.05) is 0 Å². The van der Waals surface area contributed by atoms with Crippen molar-refractivity contribution in [3.8, 4) is 0 Å². The molecule has 1 fully saturated rings. The van der Waals surface area contributed by atoms with Gasteiger partial charge in [-0.2, -0.15) is 0 Å². The highest BCUT2D eigenvalue weighted by Gasteiger charge is 2.33. The molecule has 0 aromatic carbocycles. The lowest BCUT2D eigenvalue weighted by Gasteiger charge is -2.24. The Morgan fingerprint density at radius 2 is 1.15 bits per heavy atom. The van der Waals surface area contributed by atoms with Gasteiger partial charge >= 0.3 is 12.8 Å². The molecule has 1 saturated heterocycles. The van der Waals surface area contributed by atoms with Gasteiger partial charge in [-0.25, -0.2) is 9.59 Å². The van der Waals surface area contributed by atoms with Gasteiger partial charge in [-0.3, -0.25) is 47.9 Å². The first-order valence-corrected chi connectivity index (χ1v) is 23.1. The van der Waals surface area contributed by atoms with Crippen molar-refractivity contribution in [3.63, 3.8) is 0 Å². The summed E-state index contributed by atoms with van der Waals surface area (Å²) in [6.45, 7) is -5.38. The van der Waals surface area contributed by atoms with Gasteiger partial charge in [0.05, 0.1) is 49.0 Å². The van der Waals surface area contributed by atoms with Gasteiger partial charge in [0, 0.05) is 29.2 Å². The van der Waals surface area contributed by atoms with Crippen LogP contribution in [0.4, 0.5) is 0 Å². The predicted octanol–water partition coefficient (Wildman–Crippen LogP) is -11.7. The van der Waals surface area contributed by atoms with E-state index in [0.717, 1.165) is 0 Å². The zero-order valence-corrected chi connectivity index (χ0v) is 39.7. The molecule has 0 radical (unpaired) electrons. The lowest BCUT2D eigenvalue weighted by atomic mass is 10.1. The van der Waals surface area contributed by atoms with Crippen LogP contribution in [0.5, 0.6) is 0 Å². The second-order valence-corrected chi connectivity index (χ2v) is 16.3. The van der Waals surface area contributed by atoms with Gasteiger partial charge < -0.3 is 85.1 Å². The van der Waals surface area contributed by atoms with Gasteiger partial charge in [0.15, 0.2) is 6.04 Å². The summed E-state index contributed by atoms with van der Waals surface area (Å²) < 4.78 is 0.0515. The molecule has 0 bridgehead atoms. The minimum absolute atomic E-state index is 0.00189. The van der Waals surface area contributed by atoms with Gasteiger partial charge in [-0.15, -0.1) is 0 Å². The molecule has 404 valence electrons. The molecular formula is C40H70N14O18+4. The molecule has 0 aromatic rings. The highest BCUT2D eigenvalue weighted by atomic mass is 16.3. The molecule has 12 amide bonds. The maximum absolute atomic E-state index is 13.4. The Balaban J connectivity index is 3.06. The molecule has 0 spiro atoms. The summed E-state index contributed by atoms with van der Waals surface area (Å²) in [5.74, 6) is -9.53. The van der Waals surface area contributed by atoms with Crippen LogP contribution >= 0.6 is 0 Å². The number of aliphatic hydroxyl groups is 4. The summed E-state index contributed by atoms with van der Waals surface area (Å²) in [5, 5.41) is 62.1. The minimum Gasteiger partial charge on any atom is -0.394 e. The number of quaternary nitrogens is 2. The summed E-state index contributed by atoms with van der Waals surface area (Å²) in [5.41, 5.74) is 7.20. The van der Waals surface area contributed by atoms with E-state index in [4.69, 9.17) is 0 Å². The molecule has 0 unspecified atom stereocenters. The summed E-state index contributed by atoms with van der Waals surface area (Å²) in [7, 11) is 0. The number of carbonyl (C=O) groups excluding carboxylic acids is 12. The number of hydrogen-bond donors (Lipinski definition) is 16. The van der Waals surface area contributed by atoms with E-state index >= 15 is 0 Å². The highest BCUT2D eigenvalue weighted by Crippen LogP contribution is 2.07. The molecular weight excluding hydrogens is 965 g/mol. The lowest BCUT2D eigenvalue weighted by molar-refractivity contribution is -0.454. The average molecular weight is 1040 g/mol. The first kappa shape index (κ1) is 63.0. The predicted molar refractivity (Wildman–Crippen MR) is 241 cm³/mol. The number of amides is 12. The number of rotatable bonds is 32. The number of aliphatic hydroxyl groups excluding tert-OH is 4. The van der Waals surface area contributed by atoms with E-state index in [9.17, 15) is 87.8 Å². The van der Waals surface area contributed by atoms with Crippen LogP contribution in [0.25, 0.3) is 0 Å². The van der Waals surface area contributed by atoms with Crippen LogP contribution in [-0.4, -0.2) is 216 Å². The normalized spacial score (nSPS) is 18.3. The first-order valence-electron chi connectivity index (χ1n) is 23.1. The maximum atomic E-state index is 13.4. The molecule has 8 atom stereocenters. The molecule has 0 aromatic heterocycles. The standard InChI is InChI=1S/C40H66N14O18/c41-11-3-1-7-24(48-33(63)23(42)17-55)34(64)44-15-31(61)47-26(9-5-13-53(71)21-59)38(68)52-30(20-58)40(70)51-29(19-57)36(66)45-16-32(62)46-25-8-2-4-12-43-35(65)28(18-56)50-39(69)27(49-37(25)67)10-6-14-54(72)22-60/h21-30,55-58H,1-20,41-42H2,(H8-2,43,44,45,46,47,48,49,50,51,52,61,62,63,64,65,66,67,68,69,70)/p+4/t23-,24+,25+,26+,27-,28+,29-,30+/m1/s1. The van der Waals surface area contributed by atoms with Crippen molar-refractivity contribution in [2.24, 2.45) is 0 Å². The van der Waals surface area contributed by atoms with E-state index in [-0.39, 0.29) is 86.8 Å². The summed E-state index contributed by atoms with van der Waals surface area (Å²) in [6.07, 6.45) is 0.803. The average Bonchev–Trinajstić information content (AvgIpc) is 3.37. The monoisotopic (exact) mass is 1030 g/mol. The number of nitroso groups, excluding NO2 is 2. The van der Waals surface area contributed by atoms with Crippen molar-refractivity contribution in [1.29, 1.82) is 0 Å². The largest absolute Gasteiger partial charge is 0.421 e. The Morgan fingerprint density at radius 3 is 1.74 bits per heavy atom. The smallest absolute Gasteiger partial charge is 0.394 e. The van der Waals surface area contributed by atoms with E-state index in [1.165, 1.54) is 0 Å². The molecule has 1 aliphatic rings. The van der Waals surface area contributed by atoms with Gasteiger partial charge in [-0.1, -0.05) is 0 Å². The zero-order chi connectivity index (χ0) is 54.2. The van der Waals surface area contributed by atoms with Crippen molar-refractivity contribution < 1.29 is 98.9 Å². The quantitative estimate of drug-likeness (QED) is 0.0169. The fourth-order valence-corrected chi connectivity index (χ4v) is 6.53. The van der Waals surface area contributed by atoms with Gasteiger partial charge in [0.2, 0.25) is 66.3 Å². The molecule has 32 heteroatoms. The Kier molecular flexibility index (Phi) is 30.8. The minimum atomic E-state index is -1.85. The van der Waals surface area contributed by atoms with Crippen LogP contribution in [0.1, 0.15) is 64.2 Å². The Morgan fingerprint density at radius 1 is 0.625 bits per heavy atom. The summed E-state index contributed by atoms with van der Waals surface area (Å²) in [4.78, 5) is 175. The zero-order valence-electron chi connectivity index (χ0n) is 39.7. The van der Waals surface area contributed by atoms with E-state index < -0.39 is 153 Å². The molecule has 0 aliphatic carbocycles. The number of carbonyl (C=O) groups is 12. The number of nitrogens with zero attached hydrogens (tertiary/aromatic N) is 2. The maximum Gasteiger partial charge on any atom is 0.421 e. The van der Waals surface area contributed by atoms with Crippen LogP contribution in [0.15, 0.2) is 0 Å². The van der Waals surface area contributed by atoms with Crippen molar-refractivity contribution in [1.82, 2.24) is 53.2 Å². The third-order valence-electron chi connectivity index (χ3n) is 10.6. The molecule has 1 aliphatic heterocycles. The van der Waals surface area contributed by atoms with Crippen LogP contribution in [-0.2, 0) is 57.5 Å². The van der Waals surface area contributed by atoms with E-state index in [2.05, 4.69) is 64.6 Å². The molecule has 20 N–H and O–H groups in total. The molecule has 1 rings (SSSR count). The fourth-order valence-electron chi connectivity index (χ4n) is 6.53. The SMILES string of the molecule is [NH3+]CCCC[C@H](NC(=O)[C@H]([NH3+])CO)C(=O)NCC(=O)N[C@@H](CCC[N+](=O)C=O)C(=O)N[C@@H](CO)C(=O)N[C@H](CO)C(=O)NCC(=O)N[C@H]1CCCCNC(=O)[C@H](CO)NC(=O)[C@@H](CCC[N+](=O)C=O)NC1=O. The second-order valence-electron chi connectivity index (χ2n) is 16.3. The van der Waals surface area contributed by atoms with Crippen molar-refractivity contribution in [2.45, 2.75) is 113 Å². The lowest BCUT2D eigenvalue weighted by Crippen LogP contribution is -2.70. The van der Waals surface area contributed by atoms with Crippen molar-refractivity contribution >= 4 is 71.9 Å². The van der Waals surface area contributed by atoms with Gasteiger partial charge in [0.1, 0.15) is 48.9 Å². The first-order chi connectivity index (χ1) is 34.3. The third kappa shape index (κ3) is 24.2. The highest BCUT2D eigenvalue weighted by molar-refractivity contribution is 5.97. The molecule has 72 heavy (non-hydrogen) atoms. The Labute approximate surface area is 411 Å². The van der Waals surface area contributed by atoms with Crippen LogP contribution in [0.2, 0.25) is 0 Å². The Hall–Kier alpha value is -7.00. The topological polar surface area (TPSA) is 501 Å². The van der Waals surface area contributed by atoms with Gasteiger partial charge in [-0.05, 0) is 51.4 Å². The van der Waals surface area contributed by atoms with Crippen LogP contribution in [0, 0.1) is 9.81 Å². The second kappa shape index (κ2) is 35.2. The number of unbranched alkanes of at least 4 members (excludes halogenated alkanes) is 1. The van der Waals surface area contributed by atoms with Crippen LogP contribution in [0.3, 0.4) is 0 Å². The van der Waals surface area contributed by atoms with E-state index in [1.54, 1.807) is 0 Å². The molecule has 1 heterocycles. The Bertz CT molecular complexity index is 1910. The number of hydrogen-bond acceptors (Lipinski definition) is 18. The van der Waals surface area contributed by atoms with Crippen molar-refractivity contribution in [2.75, 3.05) is 65.7 Å². The molecule has 0 saturated carbocycles. The number of nitrogens with one attached hydrogen (secondary N) is 10. The fraction of sp³-hybridized carbons (Fsp3) is 0.700.